The summed E-state index contributed by atoms with van der Waals surface area (Å²) in [5.74, 6) is -0.862. The van der Waals surface area contributed by atoms with E-state index in [2.05, 4.69) is 20.5 Å². The number of nitrogens with zero attached hydrogens (tertiary/aromatic N) is 4. The number of fused-ring (bicyclic) bond motifs is 2. The molecule has 0 aliphatic heterocycles. The quantitative estimate of drug-likeness (QED) is 0.222. The summed E-state index contributed by atoms with van der Waals surface area (Å²) < 4.78 is 0. The SMILES string of the molecule is [Co+3].[Na+].[O-]c1ccccc1N=Nc1c([O-])ccc2ccccc12.[O-]c1ccccc1N=Nc1c([O-])ccc2ccccc12. The predicted molar refractivity (Wildman–Crippen MR) is 147 cm³/mol. The van der Waals surface area contributed by atoms with Gasteiger partial charge in [-0.3, -0.25) is 0 Å². The second kappa shape index (κ2) is 15.1. The molecule has 0 unspecified atom stereocenters. The molecule has 0 aromatic heterocycles. The zero-order valence-electron chi connectivity index (χ0n) is 22.3. The van der Waals surface area contributed by atoms with Gasteiger partial charge in [0.25, 0.3) is 0 Å². The van der Waals surface area contributed by atoms with Crippen molar-refractivity contribution in [3.05, 3.63) is 121 Å². The topological polar surface area (TPSA) is 142 Å². The van der Waals surface area contributed by atoms with Crippen molar-refractivity contribution in [1.29, 1.82) is 0 Å². The Morgan fingerprint density at radius 3 is 1.12 bits per heavy atom. The van der Waals surface area contributed by atoms with Crippen LogP contribution < -0.4 is 50.0 Å². The Bertz CT molecular complexity index is 1750. The van der Waals surface area contributed by atoms with E-state index in [0.29, 0.717) is 0 Å². The zero-order chi connectivity index (χ0) is 27.9. The van der Waals surface area contributed by atoms with Gasteiger partial charge in [-0.05, 0) is 22.9 Å². The third-order valence-corrected chi connectivity index (χ3v) is 5.97. The smallest absolute Gasteiger partial charge is 0.871 e. The summed E-state index contributed by atoms with van der Waals surface area (Å²) >= 11 is 0. The van der Waals surface area contributed by atoms with Gasteiger partial charge in [0.05, 0.1) is 22.7 Å². The molecule has 10 heteroatoms. The summed E-state index contributed by atoms with van der Waals surface area (Å²) in [6.45, 7) is 0. The number of rotatable bonds is 4. The minimum atomic E-state index is -0.219. The molecule has 0 bridgehead atoms. The first-order valence-electron chi connectivity index (χ1n) is 12.2. The van der Waals surface area contributed by atoms with Crippen LogP contribution >= 0.6 is 0 Å². The van der Waals surface area contributed by atoms with Crippen molar-refractivity contribution in [3.63, 3.8) is 0 Å². The van der Waals surface area contributed by atoms with Crippen LogP contribution in [0.5, 0.6) is 23.0 Å². The van der Waals surface area contributed by atoms with Gasteiger partial charge in [-0.25, -0.2) is 0 Å². The Labute approximate surface area is 274 Å². The van der Waals surface area contributed by atoms with Crippen LogP contribution in [0.2, 0.25) is 0 Å². The minimum absolute atomic E-state index is 0. The van der Waals surface area contributed by atoms with Gasteiger partial charge in [0, 0.05) is 10.8 Å². The van der Waals surface area contributed by atoms with E-state index >= 15 is 0 Å². The third-order valence-electron chi connectivity index (χ3n) is 5.97. The first kappa shape index (κ1) is 32.3. The van der Waals surface area contributed by atoms with E-state index < -0.39 is 0 Å². The van der Waals surface area contributed by atoms with E-state index in [1.54, 1.807) is 48.5 Å². The van der Waals surface area contributed by atoms with Crippen LogP contribution in [0.1, 0.15) is 0 Å². The van der Waals surface area contributed by atoms with E-state index in [1.165, 1.54) is 24.3 Å². The van der Waals surface area contributed by atoms with Crippen molar-refractivity contribution in [1.82, 2.24) is 0 Å². The second-order valence-corrected chi connectivity index (χ2v) is 8.60. The summed E-state index contributed by atoms with van der Waals surface area (Å²) in [5.41, 5.74) is 0.956. The molecule has 0 radical (unpaired) electrons. The van der Waals surface area contributed by atoms with Gasteiger partial charge in [-0.15, -0.1) is 0 Å². The van der Waals surface area contributed by atoms with Crippen molar-refractivity contribution < 1.29 is 66.8 Å². The molecular weight excluding hydrogens is 586 g/mol. The van der Waals surface area contributed by atoms with Crippen LogP contribution in [0.25, 0.3) is 21.5 Å². The molecule has 0 atom stereocenters. The molecule has 0 fully saturated rings. The molecule has 8 nitrogen and oxygen atoms in total. The molecule has 6 rings (SSSR count). The van der Waals surface area contributed by atoms with E-state index in [4.69, 9.17) is 0 Å². The van der Waals surface area contributed by atoms with Crippen molar-refractivity contribution in [2.75, 3.05) is 0 Å². The van der Waals surface area contributed by atoms with Gasteiger partial charge in [0.2, 0.25) is 0 Å². The molecule has 0 aliphatic carbocycles. The van der Waals surface area contributed by atoms with Crippen LogP contribution in [0, 0.1) is 0 Å². The summed E-state index contributed by atoms with van der Waals surface area (Å²) in [7, 11) is 0. The molecular formula is C32H20CoN4NaO4. The predicted octanol–water partition coefficient (Wildman–Crippen LogP) is 3.81. The second-order valence-electron chi connectivity index (χ2n) is 8.60. The molecule has 6 aromatic rings. The number of para-hydroxylation sites is 2. The van der Waals surface area contributed by atoms with E-state index in [-0.39, 0.29) is 92.1 Å². The molecule has 0 heterocycles. The van der Waals surface area contributed by atoms with Crippen molar-refractivity contribution >= 4 is 44.3 Å². The van der Waals surface area contributed by atoms with Crippen molar-refractivity contribution in [3.8, 4) is 23.0 Å². The largest absolute Gasteiger partial charge is 3.00 e. The molecule has 6 aromatic carbocycles. The summed E-state index contributed by atoms with van der Waals surface area (Å²) in [6.07, 6.45) is 0. The standard InChI is InChI=1S/2C16H12N2O2.Co.Na/c2*19-14-8-4-3-7-13(14)17-18-16-12-6-2-1-5-11(12)9-10-15(16)20;;/h2*1-10,19-20H;;/q;;+3;+1/p-4. The summed E-state index contributed by atoms with van der Waals surface area (Å²) in [4.78, 5) is 0. The normalized spacial score (nSPS) is 10.7. The fourth-order valence-electron chi connectivity index (χ4n) is 3.96. The molecule has 0 N–H and O–H groups in total. The summed E-state index contributed by atoms with van der Waals surface area (Å²) in [6, 6.07) is 33.9. The Balaban J connectivity index is 0.000000220. The van der Waals surface area contributed by atoms with E-state index in [9.17, 15) is 20.4 Å². The molecule has 0 amide bonds. The number of hydrogen-bond acceptors (Lipinski definition) is 8. The first-order valence-corrected chi connectivity index (χ1v) is 12.2. The number of hydrogen-bond donors (Lipinski definition) is 0. The Kier molecular flexibility index (Phi) is 11.6. The fourth-order valence-corrected chi connectivity index (χ4v) is 3.96. The average Bonchev–Trinajstić information content (AvgIpc) is 2.98. The molecule has 202 valence electrons. The Hall–Kier alpha value is -4.25. The van der Waals surface area contributed by atoms with Gasteiger partial charge in [-0.1, -0.05) is 132 Å². The molecule has 0 saturated heterocycles. The number of azo groups is 2. The maximum absolute atomic E-state index is 11.9. The van der Waals surface area contributed by atoms with Crippen LogP contribution in [-0.4, -0.2) is 0 Å². The van der Waals surface area contributed by atoms with Gasteiger partial charge in [-0.2, -0.15) is 20.5 Å². The molecule has 0 saturated carbocycles. The fraction of sp³-hybridized carbons (Fsp3) is 0. The average molecular weight is 606 g/mol. The monoisotopic (exact) mass is 606 g/mol. The maximum Gasteiger partial charge on any atom is 3.00 e. The van der Waals surface area contributed by atoms with Gasteiger partial charge >= 0.3 is 46.3 Å². The van der Waals surface area contributed by atoms with Crippen LogP contribution in [0.4, 0.5) is 22.7 Å². The first-order chi connectivity index (χ1) is 19.5. The summed E-state index contributed by atoms with van der Waals surface area (Å²) in [5, 5.41) is 66.0. The number of benzene rings is 6. The van der Waals surface area contributed by atoms with Crippen molar-refractivity contribution in [2.45, 2.75) is 0 Å². The molecule has 0 aliphatic rings. The van der Waals surface area contributed by atoms with Gasteiger partial charge < -0.3 is 20.4 Å². The maximum atomic E-state index is 11.9. The Morgan fingerprint density at radius 1 is 0.357 bits per heavy atom. The van der Waals surface area contributed by atoms with Gasteiger partial charge in [0.1, 0.15) is 0 Å². The van der Waals surface area contributed by atoms with E-state index in [1.807, 2.05) is 48.5 Å². The zero-order valence-corrected chi connectivity index (χ0v) is 25.3. The third kappa shape index (κ3) is 7.52. The minimum Gasteiger partial charge on any atom is -0.871 e. The van der Waals surface area contributed by atoms with Crippen LogP contribution in [0.3, 0.4) is 0 Å². The van der Waals surface area contributed by atoms with Crippen LogP contribution in [0.15, 0.2) is 142 Å². The van der Waals surface area contributed by atoms with Gasteiger partial charge in [0.15, 0.2) is 0 Å². The van der Waals surface area contributed by atoms with E-state index in [0.717, 1.165) is 21.5 Å². The van der Waals surface area contributed by atoms with Crippen LogP contribution in [-0.2, 0) is 16.8 Å². The Morgan fingerprint density at radius 2 is 0.714 bits per heavy atom. The van der Waals surface area contributed by atoms with Crippen molar-refractivity contribution in [2.24, 2.45) is 20.5 Å². The molecule has 42 heavy (non-hydrogen) atoms. The molecule has 0 spiro atoms.